The van der Waals surface area contributed by atoms with Gasteiger partial charge < -0.3 is 0 Å². The fourth-order valence-corrected chi connectivity index (χ4v) is 8.18. The highest BCUT2D eigenvalue weighted by atomic mass is 32.2. The molecule has 2 aliphatic carbocycles. The fourth-order valence-electron chi connectivity index (χ4n) is 5.17. The molecular formula is C28H31O4S2+. The lowest BCUT2D eigenvalue weighted by atomic mass is 9.79. The molecule has 2 atom stereocenters. The predicted molar refractivity (Wildman–Crippen MR) is 136 cm³/mol. The highest BCUT2D eigenvalue weighted by Gasteiger charge is 2.66. The Morgan fingerprint density at radius 2 is 1.21 bits per heavy atom. The lowest BCUT2D eigenvalue weighted by Gasteiger charge is -2.34. The Balaban J connectivity index is 0.000000166. The predicted octanol–water partition coefficient (Wildman–Crippen LogP) is 5.89. The van der Waals surface area contributed by atoms with Crippen LogP contribution in [0.25, 0.3) is 0 Å². The zero-order chi connectivity index (χ0) is 24.4. The first-order valence-corrected chi connectivity index (χ1v) is 14.5. The second-order valence-corrected chi connectivity index (χ2v) is 13.0. The van der Waals surface area contributed by atoms with E-state index in [2.05, 4.69) is 91.0 Å². The molecule has 0 saturated heterocycles. The molecule has 0 aromatic heterocycles. The van der Waals surface area contributed by atoms with E-state index in [1.807, 2.05) is 13.8 Å². The number of carbonyl (C=O) groups excluding carboxylic acids is 1. The number of rotatable bonds is 5. The molecule has 4 nitrogen and oxygen atoms in total. The van der Waals surface area contributed by atoms with Gasteiger partial charge in [-0.2, -0.15) is 8.42 Å². The van der Waals surface area contributed by atoms with Crippen molar-refractivity contribution in [2.75, 3.05) is 6.26 Å². The quantitative estimate of drug-likeness (QED) is 0.327. The van der Waals surface area contributed by atoms with Crippen molar-refractivity contribution in [3.8, 4) is 0 Å². The number of hydrogen-bond donors (Lipinski definition) is 0. The molecule has 0 spiro atoms. The minimum atomic E-state index is -3.58. The van der Waals surface area contributed by atoms with Crippen LogP contribution in [-0.4, -0.2) is 26.1 Å². The van der Waals surface area contributed by atoms with Crippen LogP contribution < -0.4 is 0 Å². The summed E-state index contributed by atoms with van der Waals surface area (Å²) in [4.78, 5) is 15.9. The van der Waals surface area contributed by atoms with E-state index in [0.29, 0.717) is 12.8 Å². The smallest absolute Gasteiger partial charge is 0.265 e. The van der Waals surface area contributed by atoms with Crippen LogP contribution in [0.5, 0.6) is 0 Å². The molecule has 3 aromatic rings. The fraction of sp³-hybridized carbons (Fsp3) is 0.321. The van der Waals surface area contributed by atoms with Crippen molar-refractivity contribution in [3.63, 3.8) is 0 Å². The number of carbonyl (C=O) groups is 1. The molecular weight excluding hydrogens is 464 g/mol. The van der Waals surface area contributed by atoms with Gasteiger partial charge in [0.2, 0.25) is 0 Å². The molecule has 6 heteroatoms. The van der Waals surface area contributed by atoms with E-state index < -0.39 is 15.7 Å². The summed E-state index contributed by atoms with van der Waals surface area (Å²) in [6.45, 7) is 3.86. The van der Waals surface area contributed by atoms with Gasteiger partial charge in [0.05, 0.1) is 17.2 Å². The Hall–Kier alpha value is -2.41. The second kappa shape index (κ2) is 9.68. The van der Waals surface area contributed by atoms with Crippen molar-refractivity contribution in [2.45, 2.75) is 53.4 Å². The summed E-state index contributed by atoms with van der Waals surface area (Å²) in [6.07, 6.45) is 2.89. The molecule has 0 unspecified atom stereocenters. The van der Waals surface area contributed by atoms with Crippen molar-refractivity contribution < 1.29 is 17.4 Å². The molecule has 2 fully saturated rings. The third-order valence-corrected chi connectivity index (χ3v) is 9.84. The number of fused-ring (bicyclic) bond motifs is 2. The highest BCUT2D eigenvalue weighted by Crippen LogP contribution is 2.60. The molecule has 0 aliphatic heterocycles. The third-order valence-electron chi connectivity index (χ3n) is 7.02. The van der Waals surface area contributed by atoms with Gasteiger partial charge in [0.1, 0.15) is 0 Å². The van der Waals surface area contributed by atoms with Crippen LogP contribution in [0, 0.1) is 11.3 Å². The summed E-state index contributed by atoms with van der Waals surface area (Å²) >= 11 is 0. The molecule has 0 heterocycles. The summed E-state index contributed by atoms with van der Waals surface area (Å²) in [7, 11) is -3.59. The first kappa shape index (κ1) is 24.7. The normalized spacial score (nSPS) is 22.9. The van der Waals surface area contributed by atoms with Gasteiger partial charge in [-0.25, -0.2) is 0 Å². The van der Waals surface area contributed by atoms with Gasteiger partial charge in [0.25, 0.3) is 10.1 Å². The average Bonchev–Trinajstić information content (AvgIpc) is 3.15. The van der Waals surface area contributed by atoms with Crippen molar-refractivity contribution in [1.29, 1.82) is 0 Å². The van der Waals surface area contributed by atoms with Crippen LogP contribution >= 0.6 is 0 Å². The summed E-state index contributed by atoms with van der Waals surface area (Å²) in [5, 5.41) is 0. The highest BCUT2D eigenvalue weighted by molar-refractivity contribution is 7.97. The lowest BCUT2D eigenvalue weighted by Crippen LogP contribution is -2.47. The van der Waals surface area contributed by atoms with E-state index in [-0.39, 0.29) is 28.0 Å². The van der Waals surface area contributed by atoms with Crippen molar-refractivity contribution >= 4 is 26.8 Å². The number of Topliss-reactive ketones (excluding diaryl/α,β-unsaturated/α-hetero) is 1. The van der Waals surface area contributed by atoms with E-state index in [9.17, 15) is 13.2 Å². The van der Waals surface area contributed by atoms with Crippen LogP contribution in [-0.2, 0) is 30.0 Å². The Bertz CT molecular complexity index is 1130. The third kappa shape index (κ3) is 4.85. The Morgan fingerprint density at radius 3 is 1.50 bits per heavy atom. The molecule has 0 N–H and O–H groups in total. The van der Waals surface area contributed by atoms with E-state index >= 15 is 0 Å². The van der Waals surface area contributed by atoms with Crippen LogP contribution in [0.4, 0.5) is 0 Å². The number of hydrogen-bond acceptors (Lipinski definition) is 4. The SMILES string of the molecule is CC1(C)[C@H]2CC[C@@]1(OS(C)(=O)=O)C(=O)C2.c1ccc([S+](c2ccccc2)c2ccccc2)cc1. The molecule has 5 rings (SSSR count). The Morgan fingerprint density at radius 1 is 0.794 bits per heavy atom. The van der Waals surface area contributed by atoms with Gasteiger partial charge in [0, 0.05) is 11.8 Å². The maximum Gasteiger partial charge on any atom is 0.265 e. The monoisotopic (exact) mass is 495 g/mol. The molecule has 0 amide bonds. The first-order chi connectivity index (χ1) is 16.1. The zero-order valence-corrected chi connectivity index (χ0v) is 21.4. The van der Waals surface area contributed by atoms with E-state index in [1.54, 1.807) is 0 Å². The van der Waals surface area contributed by atoms with Crippen LogP contribution in [0.1, 0.15) is 33.1 Å². The number of ketones is 1. The maximum atomic E-state index is 11.9. The standard InChI is InChI=1S/C18H15S.C10H16O4S/c1-4-10-16(11-5-1)19(17-12-6-2-7-13-17)18-14-8-3-9-15-18;1-9(2)7-4-5-10(9,8(11)6-7)14-15(3,12)13/h1-15H;7H,4-6H2,1-3H3/q+1;/t;7-,10+/m.0/s1. The largest absolute Gasteiger partial charge is 0.296 e. The summed E-state index contributed by atoms with van der Waals surface area (Å²) in [6, 6.07) is 32.2. The van der Waals surface area contributed by atoms with Gasteiger partial charge in [-0.3, -0.25) is 8.98 Å². The molecule has 3 aromatic carbocycles. The van der Waals surface area contributed by atoms with Crippen molar-refractivity contribution in [3.05, 3.63) is 91.0 Å². The van der Waals surface area contributed by atoms with Gasteiger partial charge in [-0.1, -0.05) is 68.4 Å². The minimum Gasteiger partial charge on any atom is -0.296 e. The zero-order valence-electron chi connectivity index (χ0n) is 19.8. The van der Waals surface area contributed by atoms with E-state index in [0.717, 1.165) is 12.7 Å². The molecule has 34 heavy (non-hydrogen) atoms. The number of benzene rings is 3. The van der Waals surface area contributed by atoms with Crippen LogP contribution in [0.3, 0.4) is 0 Å². The molecule has 2 aliphatic rings. The minimum absolute atomic E-state index is 0.0146. The van der Waals surface area contributed by atoms with Gasteiger partial charge in [-0.05, 0) is 55.2 Å². The lowest BCUT2D eigenvalue weighted by molar-refractivity contribution is -0.136. The van der Waals surface area contributed by atoms with Gasteiger partial charge in [0.15, 0.2) is 26.1 Å². The summed E-state index contributed by atoms with van der Waals surface area (Å²) < 4.78 is 27.6. The molecule has 0 radical (unpaired) electrons. The van der Waals surface area contributed by atoms with Crippen molar-refractivity contribution in [1.82, 2.24) is 0 Å². The van der Waals surface area contributed by atoms with E-state index in [4.69, 9.17) is 4.18 Å². The van der Waals surface area contributed by atoms with Gasteiger partial charge in [-0.15, -0.1) is 0 Å². The molecule has 2 bridgehead atoms. The van der Waals surface area contributed by atoms with Crippen LogP contribution in [0.15, 0.2) is 106 Å². The van der Waals surface area contributed by atoms with Gasteiger partial charge >= 0.3 is 0 Å². The second-order valence-electron chi connectivity index (χ2n) is 9.44. The maximum absolute atomic E-state index is 11.9. The van der Waals surface area contributed by atoms with E-state index in [1.165, 1.54) is 14.7 Å². The topological polar surface area (TPSA) is 60.4 Å². The average molecular weight is 496 g/mol. The summed E-state index contributed by atoms with van der Waals surface area (Å²) in [5.41, 5.74) is -1.43. The molecule has 2 saturated carbocycles. The summed E-state index contributed by atoms with van der Waals surface area (Å²) in [5.74, 6) is 0.223. The molecule has 178 valence electrons. The van der Waals surface area contributed by atoms with Crippen LogP contribution in [0.2, 0.25) is 0 Å². The first-order valence-electron chi connectivity index (χ1n) is 11.5. The van der Waals surface area contributed by atoms with Crippen molar-refractivity contribution in [2.24, 2.45) is 11.3 Å². The Labute approximate surface area is 205 Å². The Kier molecular flexibility index (Phi) is 7.04.